The third-order valence-electron chi connectivity index (χ3n) is 1.98. The van der Waals surface area contributed by atoms with Crippen LogP contribution >= 0.6 is 0 Å². The monoisotopic (exact) mass is 172 g/mol. The Morgan fingerprint density at radius 2 is 2.23 bits per heavy atom. The smallest absolute Gasteiger partial charge is 0.227 e. The molecule has 2 aromatic rings. The molecule has 2 N–H and O–H groups in total. The lowest BCUT2D eigenvalue weighted by atomic mass is 10.1. The van der Waals surface area contributed by atoms with E-state index >= 15 is 0 Å². The van der Waals surface area contributed by atoms with E-state index < -0.39 is 0 Å². The number of hydrogen-bond acceptors (Lipinski definition) is 3. The van der Waals surface area contributed by atoms with Crippen molar-refractivity contribution in [3.05, 3.63) is 29.5 Å². The predicted octanol–water partition coefficient (Wildman–Crippen LogP) is 2.20. The lowest BCUT2D eigenvalue weighted by Gasteiger charge is -1.91. The molecule has 0 atom stereocenters. The van der Waals surface area contributed by atoms with E-state index in [9.17, 15) is 0 Å². The first-order valence-corrected chi connectivity index (χ1v) is 3.91. The predicted molar refractivity (Wildman–Crippen MR) is 50.1 cm³/mol. The molecule has 0 amide bonds. The maximum Gasteiger partial charge on any atom is 0.227 e. The van der Waals surface area contributed by atoms with Crippen LogP contribution in [0.5, 0.6) is 0 Å². The lowest BCUT2D eigenvalue weighted by Crippen LogP contribution is -1.84. The van der Waals surface area contributed by atoms with Gasteiger partial charge in [-0.1, -0.05) is 11.6 Å². The van der Waals surface area contributed by atoms with Gasteiger partial charge >= 0.3 is 0 Å². The van der Waals surface area contributed by atoms with Gasteiger partial charge < -0.3 is 10.2 Å². The van der Waals surface area contributed by atoms with Crippen LogP contribution < -0.4 is 5.73 Å². The zero-order valence-electron chi connectivity index (χ0n) is 7.16. The fourth-order valence-electron chi connectivity index (χ4n) is 1.31. The highest BCUT2D eigenvalue weighted by Crippen LogP contribution is 2.28. The van der Waals surface area contributed by atoms with Gasteiger partial charge in [0.25, 0.3) is 0 Å². The molecule has 1 aromatic carbocycles. The molecule has 0 saturated heterocycles. The summed E-state index contributed by atoms with van der Waals surface area (Å²) < 4.78 is 5.22. The Kier molecular flexibility index (Phi) is 1.49. The van der Waals surface area contributed by atoms with E-state index in [-0.39, 0.29) is 5.76 Å². The summed E-state index contributed by atoms with van der Waals surface area (Å²) in [7, 11) is 0. The molecule has 0 aliphatic heterocycles. The first kappa shape index (κ1) is 7.69. The Morgan fingerprint density at radius 1 is 1.46 bits per heavy atom. The van der Waals surface area contributed by atoms with Crippen LogP contribution in [0, 0.1) is 18.3 Å². The number of nitriles is 1. The lowest BCUT2D eigenvalue weighted by molar-refractivity contribution is 0.601. The van der Waals surface area contributed by atoms with Crippen LogP contribution in [-0.4, -0.2) is 0 Å². The number of nitrogen functional groups attached to an aromatic ring is 1. The normalized spacial score (nSPS) is 10.2. The van der Waals surface area contributed by atoms with E-state index in [4.69, 9.17) is 15.4 Å². The van der Waals surface area contributed by atoms with E-state index in [0.717, 1.165) is 10.9 Å². The summed E-state index contributed by atoms with van der Waals surface area (Å²) in [6, 6.07) is 7.57. The molecule has 0 bridgehead atoms. The Bertz CT molecular complexity index is 505. The van der Waals surface area contributed by atoms with E-state index in [2.05, 4.69) is 0 Å². The van der Waals surface area contributed by atoms with Crippen LogP contribution in [0.1, 0.15) is 11.3 Å². The molecule has 0 radical (unpaired) electrons. The number of anilines is 1. The van der Waals surface area contributed by atoms with Crippen molar-refractivity contribution in [3.63, 3.8) is 0 Å². The van der Waals surface area contributed by atoms with Gasteiger partial charge in [0, 0.05) is 5.39 Å². The van der Waals surface area contributed by atoms with Crippen molar-refractivity contribution < 1.29 is 4.42 Å². The van der Waals surface area contributed by atoms with Crippen LogP contribution in [0.2, 0.25) is 0 Å². The average molecular weight is 172 g/mol. The van der Waals surface area contributed by atoms with Gasteiger partial charge in [-0.15, -0.1) is 0 Å². The number of rotatable bonds is 0. The van der Waals surface area contributed by atoms with Gasteiger partial charge in [-0.25, -0.2) is 0 Å². The molecule has 13 heavy (non-hydrogen) atoms. The van der Waals surface area contributed by atoms with Crippen molar-refractivity contribution in [1.82, 2.24) is 0 Å². The highest BCUT2D eigenvalue weighted by Gasteiger charge is 2.09. The second-order valence-electron chi connectivity index (χ2n) is 2.96. The van der Waals surface area contributed by atoms with Gasteiger partial charge in [0.15, 0.2) is 0 Å². The quantitative estimate of drug-likeness (QED) is 0.662. The van der Waals surface area contributed by atoms with Gasteiger partial charge in [-0.05, 0) is 19.1 Å². The largest absolute Gasteiger partial charge is 0.443 e. The number of benzene rings is 1. The minimum Gasteiger partial charge on any atom is -0.443 e. The second kappa shape index (κ2) is 2.53. The van der Waals surface area contributed by atoms with Crippen LogP contribution in [0.4, 0.5) is 5.69 Å². The number of nitrogens with two attached hydrogens (primary N) is 1. The van der Waals surface area contributed by atoms with Gasteiger partial charge in [-0.3, -0.25) is 0 Å². The third-order valence-corrected chi connectivity index (χ3v) is 1.98. The Balaban J connectivity index is 2.87. The molecule has 0 aliphatic rings. The molecule has 1 heterocycles. The molecule has 0 unspecified atom stereocenters. The fraction of sp³-hybridized carbons (Fsp3) is 0.100. The molecule has 0 fully saturated rings. The molecule has 0 aliphatic carbocycles. The third kappa shape index (κ3) is 1.04. The SMILES string of the molecule is Cc1ccc2oc(C#N)c(N)c2c1. The maximum absolute atomic E-state index is 8.67. The van der Waals surface area contributed by atoms with Gasteiger partial charge in [0.05, 0.1) is 5.69 Å². The minimum absolute atomic E-state index is 0.195. The maximum atomic E-state index is 8.67. The highest BCUT2D eigenvalue weighted by molar-refractivity contribution is 5.92. The highest BCUT2D eigenvalue weighted by atomic mass is 16.3. The average Bonchev–Trinajstić information content (AvgIpc) is 2.44. The molecule has 1 aromatic heterocycles. The number of hydrogen-bond donors (Lipinski definition) is 1. The summed E-state index contributed by atoms with van der Waals surface area (Å²) in [5.74, 6) is 0.195. The molecular weight excluding hydrogens is 164 g/mol. The van der Waals surface area contributed by atoms with E-state index in [0.29, 0.717) is 11.3 Å². The number of fused-ring (bicyclic) bond motifs is 1. The van der Waals surface area contributed by atoms with E-state index in [1.54, 1.807) is 0 Å². The topological polar surface area (TPSA) is 63.0 Å². The van der Waals surface area contributed by atoms with E-state index in [1.807, 2.05) is 31.2 Å². The summed E-state index contributed by atoms with van der Waals surface area (Å²) in [5, 5.41) is 9.48. The van der Waals surface area contributed by atoms with Crippen LogP contribution in [0.25, 0.3) is 11.0 Å². The van der Waals surface area contributed by atoms with E-state index in [1.165, 1.54) is 0 Å². The molecule has 64 valence electrons. The molecule has 0 saturated carbocycles. The summed E-state index contributed by atoms with van der Waals surface area (Å²) in [4.78, 5) is 0. The molecule has 3 nitrogen and oxygen atoms in total. The standard InChI is InChI=1S/C10H8N2O/c1-6-2-3-8-7(4-6)10(12)9(5-11)13-8/h2-4H,12H2,1H3. The number of furan rings is 1. The first-order chi connectivity index (χ1) is 6.22. The summed E-state index contributed by atoms with van der Waals surface area (Å²) in [5.41, 5.74) is 7.90. The minimum atomic E-state index is 0.195. The van der Waals surface area contributed by atoms with Gasteiger partial charge in [0.2, 0.25) is 5.76 Å². The van der Waals surface area contributed by atoms with Gasteiger partial charge in [0.1, 0.15) is 11.7 Å². The van der Waals surface area contributed by atoms with Crippen molar-refractivity contribution in [2.75, 3.05) is 5.73 Å². The Hall–Kier alpha value is -1.95. The molecule has 3 heteroatoms. The Labute approximate surface area is 75.4 Å². The fourth-order valence-corrected chi connectivity index (χ4v) is 1.31. The van der Waals surface area contributed by atoms with Crippen molar-refractivity contribution in [2.45, 2.75) is 6.92 Å². The van der Waals surface area contributed by atoms with Crippen molar-refractivity contribution in [2.24, 2.45) is 0 Å². The zero-order valence-corrected chi connectivity index (χ0v) is 7.16. The first-order valence-electron chi connectivity index (χ1n) is 3.91. The van der Waals surface area contributed by atoms with Crippen molar-refractivity contribution in [3.8, 4) is 6.07 Å². The Morgan fingerprint density at radius 3 is 2.92 bits per heavy atom. The van der Waals surface area contributed by atoms with Crippen LogP contribution in [0.15, 0.2) is 22.6 Å². The molecule has 2 rings (SSSR count). The summed E-state index contributed by atoms with van der Waals surface area (Å²) in [6.45, 7) is 1.97. The van der Waals surface area contributed by atoms with Crippen LogP contribution in [0.3, 0.4) is 0 Å². The van der Waals surface area contributed by atoms with Crippen LogP contribution in [-0.2, 0) is 0 Å². The second-order valence-corrected chi connectivity index (χ2v) is 2.96. The van der Waals surface area contributed by atoms with Gasteiger partial charge in [-0.2, -0.15) is 5.26 Å². The molecule has 0 spiro atoms. The molecular formula is C10H8N2O. The summed E-state index contributed by atoms with van der Waals surface area (Å²) in [6.07, 6.45) is 0. The zero-order chi connectivity index (χ0) is 9.42. The number of nitrogens with zero attached hydrogens (tertiary/aromatic N) is 1. The number of aryl methyl sites for hydroxylation is 1. The van der Waals surface area contributed by atoms with Crippen molar-refractivity contribution in [1.29, 1.82) is 5.26 Å². The van der Waals surface area contributed by atoms with Crippen molar-refractivity contribution >= 4 is 16.7 Å². The summed E-state index contributed by atoms with van der Waals surface area (Å²) >= 11 is 0.